The zero-order valence-electron chi connectivity index (χ0n) is 15.1. The minimum Gasteiger partial charge on any atom is -0.482 e. The molecule has 1 N–H and O–H groups in total. The maximum absolute atomic E-state index is 12.4. The highest BCUT2D eigenvalue weighted by molar-refractivity contribution is 6.05. The molecule has 2 amide bonds. The van der Waals surface area contributed by atoms with Gasteiger partial charge in [-0.2, -0.15) is 0 Å². The van der Waals surface area contributed by atoms with Crippen molar-refractivity contribution in [3.8, 4) is 5.75 Å². The third-order valence-electron chi connectivity index (χ3n) is 4.34. The number of hydrogen-bond acceptors (Lipinski definition) is 4. The lowest BCUT2D eigenvalue weighted by Crippen LogP contribution is -2.51. The summed E-state index contributed by atoms with van der Waals surface area (Å²) in [5.74, 6) is -0.0891. The van der Waals surface area contributed by atoms with E-state index in [9.17, 15) is 14.4 Å². The van der Waals surface area contributed by atoms with Gasteiger partial charge in [-0.1, -0.05) is 26.2 Å². The van der Waals surface area contributed by atoms with E-state index in [-0.39, 0.29) is 24.2 Å². The molecule has 1 aliphatic heterocycles. The lowest BCUT2D eigenvalue weighted by Gasteiger charge is -2.33. The number of hydrogen-bond donors (Lipinski definition) is 1. The molecule has 0 saturated carbocycles. The summed E-state index contributed by atoms with van der Waals surface area (Å²) >= 11 is 0. The smallest absolute Gasteiger partial charge is 0.265 e. The number of anilines is 1. The molecule has 1 aliphatic rings. The third-order valence-corrected chi connectivity index (χ3v) is 4.34. The van der Waals surface area contributed by atoms with Crippen molar-refractivity contribution in [2.24, 2.45) is 0 Å². The van der Waals surface area contributed by atoms with Crippen molar-refractivity contribution in [1.29, 1.82) is 0 Å². The van der Waals surface area contributed by atoms with Gasteiger partial charge < -0.3 is 10.1 Å². The second-order valence-corrected chi connectivity index (χ2v) is 6.32. The van der Waals surface area contributed by atoms with Gasteiger partial charge in [-0.3, -0.25) is 19.3 Å². The Hall–Kier alpha value is -2.37. The zero-order chi connectivity index (χ0) is 18.4. The minimum absolute atomic E-state index is 0.103. The van der Waals surface area contributed by atoms with Gasteiger partial charge in [-0.25, -0.2) is 0 Å². The fourth-order valence-corrected chi connectivity index (χ4v) is 2.84. The van der Waals surface area contributed by atoms with Crippen LogP contribution in [0.1, 0.15) is 56.8 Å². The second-order valence-electron chi connectivity index (χ2n) is 6.32. The standard InChI is InChI=1S/C19H26N2O4/c1-4-5-6-7-10-20-19(24)13(2)21-16-11-15(14(3)22)8-9-17(16)25-12-18(21)23/h8-9,11,13H,4-7,10,12H2,1-3H3,(H,20,24). The quantitative estimate of drug-likeness (QED) is 0.580. The SMILES string of the molecule is CCCCCCNC(=O)C(C)N1C(=O)COc2ccc(C(C)=O)cc21. The first-order valence-corrected chi connectivity index (χ1v) is 8.83. The molecule has 6 nitrogen and oxygen atoms in total. The number of ketones is 1. The van der Waals surface area contributed by atoms with Crippen molar-refractivity contribution in [2.45, 2.75) is 52.5 Å². The molecule has 25 heavy (non-hydrogen) atoms. The summed E-state index contributed by atoms with van der Waals surface area (Å²) in [6.45, 7) is 5.78. The topological polar surface area (TPSA) is 75.7 Å². The first-order valence-electron chi connectivity index (χ1n) is 8.83. The first kappa shape index (κ1) is 19.0. The Bertz CT molecular complexity index is 657. The number of benzene rings is 1. The van der Waals surface area contributed by atoms with Crippen LogP contribution in [0.5, 0.6) is 5.75 Å². The van der Waals surface area contributed by atoms with E-state index in [2.05, 4.69) is 12.2 Å². The third kappa shape index (κ3) is 4.59. The average molecular weight is 346 g/mol. The Labute approximate surface area is 148 Å². The van der Waals surface area contributed by atoms with Crippen LogP contribution in [-0.4, -0.2) is 36.8 Å². The second kappa shape index (κ2) is 8.65. The van der Waals surface area contributed by atoms with Gasteiger partial charge in [0.15, 0.2) is 12.4 Å². The summed E-state index contributed by atoms with van der Waals surface area (Å²) in [6.07, 6.45) is 4.29. The van der Waals surface area contributed by atoms with E-state index >= 15 is 0 Å². The fourth-order valence-electron chi connectivity index (χ4n) is 2.84. The van der Waals surface area contributed by atoms with Gasteiger partial charge in [0.1, 0.15) is 11.8 Å². The van der Waals surface area contributed by atoms with Gasteiger partial charge in [0, 0.05) is 12.1 Å². The molecule has 0 saturated heterocycles. The van der Waals surface area contributed by atoms with E-state index in [1.54, 1.807) is 25.1 Å². The van der Waals surface area contributed by atoms with Crippen LogP contribution in [0.15, 0.2) is 18.2 Å². The van der Waals surface area contributed by atoms with Gasteiger partial charge in [0.05, 0.1) is 5.69 Å². The Morgan fingerprint density at radius 2 is 2.04 bits per heavy atom. The molecule has 1 atom stereocenters. The predicted octanol–water partition coefficient (Wildman–Crippen LogP) is 2.70. The Morgan fingerprint density at radius 1 is 1.28 bits per heavy atom. The summed E-state index contributed by atoms with van der Waals surface area (Å²) in [5, 5.41) is 2.89. The number of carbonyl (C=O) groups excluding carboxylic acids is 3. The first-order chi connectivity index (χ1) is 12.0. The Balaban J connectivity index is 2.12. The maximum atomic E-state index is 12.4. The van der Waals surface area contributed by atoms with Crippen molar-refractivity contribution < 1.29 is 19.1 Å². The van der Waals surface area contributed by atoms with Crippen LogP contribution < -0.4 is 15.0 Å². The lowest BCUT2D eigenvalue weighted by molar-refractivity contribution is -0.127. The highest BCUT2D eigenvalue weighted by atomic mass is 16.5. The lowest BCUT2D eigenvalue weighted by atomic mass is 10.1. The maximum Gasteiger partial charge on any atom is 0.265 e. The summed E-state index contributed by atoms with van der Waals surface area (Å²) < 4.78 is 5.42. The molecule has 6 heteroatoms. The number of nitrogens with zero attached hydrogens (tertiary/aromatic N) is 1. The van der Waals surface area contributed by atoms with Crippen LogP contribution >= 0.6 is 0 Å². The molecule has 1 aromatic carbocycles. The van der Waals surface area contributed by atoms with Crippen LogP contribution in [0.25, 0.3) is 0 Å². The number of Topliss-reactive ketones (excluding diaryl/α,β-unsaturated/α-hetero) is 1. The molecular formula is C19H26N2O4. The highest BCUT2D eigenvalue weighted by Crippen LogP contribution is 2.34. The molecule has 0 aromatic heterocycles. The van der Waals surface area contributed by atoms with Crippen LogP contribution in [0.2, 0.25) is 0 Å². The monoisotopic (exact) mass is 346 g/mol. The largest absolute Gasteiger partial charge is 0.482 e. The number of fused-ring (bicyclic) bond motifs is 1. The van der Waals surface area contributed by atoms with Crippen molar-refractivity contribution in [3.05, 3.63) is 23.8 Å². The van der Waals surface area contributed by atoms with Crippen LogP contribution in [0, 0.1) is 0 Å². The normalized spacial score (nSPS) is 14.5. The number of nitrogens with one attached hydrogen (secondary N) is 1. The van der Waals surface area contributed by atoms with Crippen LogP contribution in [0.4, 0.5) is 5.69 Å². The van der Waals surface area contributed by atoms with Crippen molar-refractivity contribution in [3.63, 3.8) is 0 Å². The minimum atomic E-state index is -0.663. The summed E-state index contributed by atoms with van der Waals surface area (Å²) in [6, 6.07) is 4.28. The zero-order valence-corrected chi connectivity index (χ0v) is 15.1. The average Bonchev–Trinajstić information content (AvgIpc) is 2.60. The van der Waals surface area contributed by atoms with E-state index in [4.69, 9.17) is 4.74 Å². The van der Waals surface area contributed by atoms with Gasteiger partial charge in [-0.15, -0.1) is 0 Å². The van der Waals surface area contributed by atoms with Crippen molar-refractivity contribution in [1.82, 2.24) is 5.32 Å². The Morgan fingerprint density at radius 3 is 2.72 bits per heavy atom. The Kier molecular flexibility index (Phi) is 6.56. The summed E-state index contributed by atoms with van der Waals surface area (Å²) in [4.78, 5) is 37.8. The molecule has 0 aliphatic carbocycles. The van der Waals surface area contributed by atoms with E-state index in [0.29, 0.717) is 23.5 Å². The van der Waals surface area contributed by atoms with E-state index < -0.39 is 6.04 Å². The fraction of sp³-hybridized carbons (Fsp3) is 0.526. The van der Waals surface area contributed by atoms with E-state index in [0.717, 1.165) is 25.7 Å². The summed E-state index contributed by atoms with van der Waals surface area (Å²) in [7, 11) is 0. The van der Waals surface area contributed by atoms with Gasteiger partial charge in [-0.05, 0) is 38.5 Å². The molecule has 0 radical (unpaired) electrons. The molecule has 2 rings (SSSR count). The molecule has 0 fully saturated rings. The van der Waals surface area contributed by atoms with Crippen LogP contribution in [0.3, 0.4) is 0 Å². The number of ether oxygens (including phenoxy) is 1. The summed E-state index contributed by atoms with van der Waals surface area (Å²) in [5.41, 5.74) is 0.951. The molecule has 1 aromatic rings. The number of rotatable bonds is 8. The molecule has 1 heterocycles. The molecule has 0 spiro atoms. The molecular weight excluding hydrogens is 320 g/mol. The van der Waals surface area contributed by atoms with Gasteiger partial charge in [0.25, 0.3) is 5.91 Å². The van der Waals surface area contributed by atoms with E-state index in [1.807, 2.05) is 0 Å². The molecule has 0 bridgehead atoms. The van der Waals surface area contributed by atoms with Crippen molar-refractivity contribution >= 4 is 23.3 Å². The predicted molar refractivity (Wildman–Crippen MR) is 96.0 cm³/mol. The van der Waals surface area contributed by atoms with Crippen LogP contribution in [-0.2, 0) is 9.59 Å². The highest BCUT2D eigenvalue weighted by Gasteiger charge is 2.33. The van der Waals surface area contributed by atoms with Crippen molar-refractivity contribution in [2.75, 3.05) is 18.1 Å². The number of carbonyl (C=O) groups is 3. The number of amides is 2. The van der Waals surface area contributed by atoms with Gasteiger partial charge >= 0.3 is 0 Å². The number of unbranched alkanes of at least 4 members (excludes halogenated alkanes) is 3. The molecule has 1 unspecified atom stereocenters. The van der Waals surface area contributed by atoms with Gasteiger partial charge in [0.2, 0.25) is 5.91 Å². The van der Waals surface area contributed by atoms with E-state index in [1.165, 1.54) is 11.8 Å². The molecule has 136 valence electrons.